The molecule has 3 atom stereocenters. The molecule has 4 saturated carbocycles. The Kier molecular flexibility index (Phi) is 19.2. The zero-order chi connectivity index (χ0) is 37.1. The summed E-state index contributed by atoms with van der Waals surface area (Å²) in [5, 5.41) is 15.1. The van der Waals surface area contributed by atoms with Gasteiger partial charge in [-0.3, -0.25) is 4.79 Å². The van der Waals surface area contributed by atoms with E-state index in [4.69, 9.17) is 25.0 Å². The van der Waals surface area contributed by atoms with E-state index in [-0.39, 0.29) is 34.8 Å². The second-order valence-electron chi connectivity index (χ2n) is 18.3. The molecular weight excluding hydrogens is 697 g/mol. The van der Waals surface area contributed by atoms with E-state index in [0.29, 0.717) is 23.6 Å². The standard InChI is InChI=1S/C44H76N4O3S2/c1-44(2,3)42(39-34-48(47-46-39)36-26-18-10-5-11-19-27-36)43(51-45-33-35-24-16-8-4-9-17-25-35)40(53-52-38-30-22-14-7-15-23-31-38)32-41(49)50-37-28-20-12-6-13-21-29-37/h33-38,40,42-43H,4-32H2,1-3H3/b45-33+. The van der Waals surface area contributed by atoms with Crippen LogP contribution in [0.5, 0.6) is 0 Å². The average molecular weight is 773 g/mol. The number of carbonyl (C=O) groups is 1. The number of carbonyl (C=O) groups excluding carboxylic acids is 1. The van der Waals surface area contributed by atoms with Crippen molar-refractivity contribution in [2.24, 2.45) is 16.5 Å². The molecule has 0 radical (unpaired) electrons. The molecule has 0 aliphatic heterocycles. The molecule has 0 spiro atoms. The van der Waals surface area contributed by atoms with Crippen molar-refractivity contribution in [3.8, 4) is 0 Å². The first-order valence-electron chi connectivity index (χ1n) is 22.5. The van der Waals surface area contributed by atoms with Gasteiger partial charge in [-0.25, -0.2) is 4.68 Å². The fourth-order valence-corrected chi connectivity index (χ4v) is 12.7. The maximum atomic E-state index is 14.1. The molecule has 0 aromatic carbocycles. The van der Waals surface area contributed by atoms with E-state index < -0.39 is 0 Å². The SMILES string of the molecule is CC(C)(C)C(c1cn(C2CCCCCCC2)nn1)C(O/N=C/C1CCCCCCC1)C(CC(=O)OC1CCCCCCC1)SSC1CCCCCCC1. The van der Waals surface area contributed by atoms with E-state index in [2.05, 4.69) is 37.9 Å². The lowest BCUT2D eigenvalue weighted by Gasteiger charge is -2.38. The van der Waals surface area contributed by atoms with Crippen molar-refractivity contribution in [1.82, 2.24) is 15.0 Å². The molecule has 7 nitrogen and oxygen atoms in total. The largest absolute Gasteiger partial charge is 0.462 e. The summed E-state index contributed by atoms with van der Waals surface area (Å²) in [6.45, 7) is 6.91. The van der Waals surface area contributed by atoms with Crippen LogP contribution in [0.15, 0.2) is 11.4 Å². The van der Waals surface area contributed by atoms with Gasteiger partial charge in [0, 0.05) is 17.7 Å². The Morgan fingerprint density at radius 1 is 0.774 bits per heavy atom. The molecule has 0 saturated heterocycles. The summed E-state index contributed by atoms with van der Waals surface area (Å²) < 4.78 is 8.52. The third-order valence-electron chi connectivity index (χ3n) is 12.6. The van der Waals surface area contributed by atoms with Crippen molar-refractivity contribution < 1.29 is 14.4 Å². The number of hydrogen-bond acceptors (Lipinski definition) is 8. The molecule has 0 amide bonds. The van der Waals surface area contributed by atoms with Gasteiger partial charge in [-0.05, 0) is 75.5 Å². The lowest BCUT2D eigenvalue weighted by molar-refractivity contribution is -0.150. The van der Waals surface area contributed by atoms with E-state index in [0.717, 1.165) is 44.2 Å². The van der Waals surface area contributed by atoms with Crippen LogP contribution in [-0.2, 0) is 14.4 Å². The van der Waals surface area contributed by atoms with Gasteiger partial charge in [0.15, 0.2) is 0 Å². The molecule has 53 heavy (non-hydrogen) atoms. The Labute approximate surface area is 331 Å². The number of aromatic nitrogens is 3. The van der Waals surface area contributed by atoms with Gasteiger partial charge in [-0.2, -0.15) is 0 Å². The molecule has 1 heterocycles. The Bertz CT molecular complexity index is 1160. The quantitative estimate of drug-likeness (QED) is 0.0855. The molecular formula is C44H76N4O3S2. The van der Waals surface area contributed by atoms with Crippen LogP contribution in [0.1, 0.15) is 225 Å². The van der Waals surface area contributed by atoms with Crippen LogP contribution in [-0.4, -0.2) is 49.9 Å². The minimum absolute atomic E-state index is 0.0329. The average Bonchev–Trinajstić information content (AvgIpc) is 3.53. The first-order chi connectivity index (χ1) is 25.9. The summed E-state index contributed by atoms with van der Waals surface area (Å²) in [6, 6.07) is 0.396. The van der Waals surface area contributed by atoms with Crippen molar-refractivity contribution >= 4 is 33.8 Å². The molecule has 1 aromatic heterocycles. The smallest absolute Gasteiger partial charge is 0.307 e. The topological polar surface area (TPSA) is 78.6 Å². The molecule has 4 fully saturated rings. The van der Waals surface area contributed by atoms with Gasteiger partial charge in [-0.15, -0.1) is 5.10 Å². The predicted molar refractivity (Wildman–Crippen MR) is 225 cm³/mol. The van der Waals surface area contributed by atoms with Crippen LogP contribution in [0.25, 0.3) is 0 Å². The summed E-state index contributed by atoms with van der Waals surface area (Å²) in [6.07, 6.45) is 39.2. The van der Waals surface area contributed by atoms with Crippen LogP contribution in [0, 0.1) is 11.3 Å². The summed E-state index contributed by atoms with van der Waals surface area (Å²) in [7, 11) is 3.89. The second-order valence-corrected chi connectivity index (χ2v) is 21.1. The molecule has 302 valence electrons. The van der Waals surface area contributed by atoms with E-state index in [1.165, 1.54) is 141 Å². The highest BCUT2D eigenvalue weighted by Gasteiger charge is 2.44. The number of hydrogen-bond donors (Lipinski definition) is 0. The first-order valence-corrected chi connectivity index (χ1v) is 24.8. The third-order valence-corrected chi connectivity index (χ3v) is 16.0. The molecule has 3 unspecified atom stereocenters. The zero-order valence-electron chi connectivity index (χ0n) is 34.0. The third kappa shape index (κ3) is 15.3. The molecule has 0 bridgehead atoms. The van der Waals surface area contributed by atoms with Crippen LogP contribution in [0.3, 0.4) is 0 Å². The molecule has 1 aromatic rings. The Morgan fingerprint density at radius 3 is 1.85 bits per heavy atom. The van der Waals surface area contributed by atoms with Crippen LogP contribution >= 0.6 is 21.6 Å². The highest BCUT2D eigenvalue weighted by Crippen LogP contribution is 2.47. The summed E-state index contributed by atoms with van der Waals surface area (Å²) in [4.78, 5) is 21.0. The van der Waals surface area contributed by atoms with Crippen LogP contribution in [0.2, 0.25) is 0 Å². The zero-order valence-corrected chi connectivity index (χ0v) is 35.7. The van der Waals surface area contributed by atoms with Crippen molar-refractivity contribution in [2.75, 3.05) is 0 Å². The number of ether oxygens (including phenoxy) is 1. The van der Waals surface area contributed by atoms with Crippen LogP contribution in [0.4, 0.5) is 0 Å². The number of oxime groups is 1. The van der Waals surface area contributed by atoms with E-state index in [1.54, 1.807) is 0 Å². The summed E-state index contributed by atoms with van der Waals surface area (Å²) in [5.74, 6) is 0.280. The Hall–Kier alpha value is -1.22. The molecule has 4 aliphatic carbocycles. The fourth-order valence-electron chi connectivity index (χ4n) is 9.39. The van der Waals surface area contributed by atoms with Gasteiger partial charge in [0.05, 0.1) is 29.3 Å². The number of nitrogens with zero attached hydrogens (tertiary/aromatic N) is 4. The molecule has 9 heteroatoms. The monoisotopic (exact) mass is 773 g/mol. The van der Waals surface area contributed by atoms with Gasteiger partial charge in [0.2, 0.25) is 0 Å². The maximum absolute atomic E-state index is 14.1. The van der Waals surface area contributed by atoms with Gasteiger partial charge in [0.1, 0.15) is 12.2 Å². The van der Waals surface area contributed by atoms with Gasteiger partial charge >= 0.3 is 5.97 Å². The summed E-state index contributed by atoms with van der Waals surface area (Å²) in [5.41, 5.74) is 0.774. The minimum Gasteiger partial charge on any atom is -0.462 e. The van der Waals surface area contributed by atoms with Crippen molar-refractivity contribution in [3.63, 3.8) is 0 Å². The lowest BCUT2D eigenvalue weighted by Crippen LogP contribution is -2.40. The number of esters is 1. The van der Waals surface area contributed by atoms with E-state index >= 15 is 0 Å². The molecule has 0 N–H and O–H groups in total. The summed E-state index contributed by atoms with van der Waals surface area (Å²) >= 11 is 0. The molecule has 5 rings (SSSR count). The van der Waals surface area contributed by atoms with E-state index in [1.807, 2.05) is 21.6 Å². The number of rotatable bonds is 13. The van der Waals surface area contributed by atoms with Gasteiger partial charge < -0.3 is 9.57 Å². The fraction of sp³-hybridized carbons (Fsp3) is 0.909. The minimum atomic E-state index is -0.349. The van der Waals surface area contributed by atoms with Gasteiger partial charge in [-0.1, -0.05) is 168 Å². The predicted octanol–water partition coefficient (Wildman–Crippen LogP) is 13.3. The van der Waals surface area contributed by atoms with Crippen molar-refractivity contribution in [2.45, 2.75) is 242 Å². The second kappa shape index (κ2) is 23.8. The maximum Gasteiger partial charge on any atom is 0.307 e. The molecule has 4 aliphatic rings. The normalized spacial score (nSPS) is 24.0. The van der Waals surface area contributed by atoms with Gasteiger partial charge in [0.25, 0.3) is 0 Å². The van der Waals surface area contributed by atoms with Crippen molar-refractivity contribution in [1.29, 1.82) is 0 Å². The first kappa shape index (κ1) is 42.9. The van der Waals surface area contributed by atoms with Crippen molar-refractivity contribution in [3.05, 3.63) is 11.9 Å². The lowest BCUT2D eigenvalue weighted by atomic mass is 9.74. The van der Waals surface area contributed by atoms with E-state index in [9.17, 15) is 4.79 Å². The Morgan fingerprint density at radius 2 is 1.28 bits per heavy atom. The highest BCUT2D eigenvalue weighted by atomic mass is 33.1. The highest BCUT2D eigenvalue weighted by molar-refractivity contribution is 8.77. The Balaban J connectivity index is 1.44. The van der Waals surface area contributed by atoms with Crippen LogP contribution < -0.4 is 0 Å².